The first-order valence-electron chi connectivity index (χ1n) is 11.4. The molecule has 34 heavy (non-hydrogen) atoms. The Morgan fingerprint density at radius 3 is 2.79 bits per heavy atom. The monoisotopic (exact) mass is 467 g/mol. The molecule has 3 aliphatic rings. The lowest BCUT2D eigenvalue weighted by Gasteiger charge is -2.56. The van der Waals surface area contributed by atoms with Gasteiger partial charge in [-0.3, -0.25) is 4.79 Å². The molecule has 11 heteroatoms. The van der Waals surface area contributed by atoms with Crippen molar-refractivity contribution in [3.8, 4) is 0 Å². The minimum Gasteiger partial charge on any atom is -0.501 e. The maximum Gasteiger partial charge on any atom is 0.245 e. The summed E-state index contributed by atoms with van der Waals surface area (Å²) < 4.78 is 11.2. The van der Waals surface area contributed by atoms with Crippen molar-refractivity contribution in [3.05, 3.63) is 42.6 Å². The van der Waals surface area contributed by atoms with Crippen molar-refractivity contribution >= 4 is 23.0 Å². The number of amides is 1. The molecule has 5 rings (SSSR count). The Morgan fingerprint density at radius 1 is 1.29 bits per heavy atom. The van der Waals surface area contributed by atoms with Gasteiger partial charge in [-0.25, -0.2) is 15.0 Å². The predicted molar refractivity (Wildman–Crippen MR) is 123 cm³/mol. The van der Waals surface area contributed by atoms with Crippen LogP contribution >= 0.6 is 0 Å². The van der Waals surface area contributed by atoms with Crippen LogP contribution in [0.2, 0.25) is 0 Å². The van der Waals surface area contributed by atoms with E-state index < -0.39 is 11.1 Å². The van der Waals surface area contributed by atoms with E-state index in [9.17, 15) is 9.90 Å². The van der Waals surface area contributed by atoms with Gasteiger partial charge in [0.25, 0.3) is 0 Å². The van der Waals surface area contributed by atoms with Crippen LogP contribution in [0, 0.1) is 11.8 Å². The third kappa shape index (κ3) is 3.89. The number of piperidine rings is 1. The highest BCUT2D eigenvalue weighted by molar-refractivity contribution is 5.90. The van der Waals surface area contributed by atoms with Gasteiger partial charge < -0.3 is 30.5 Å². The molecule has 2 saturated heterocycles. The van der Waals surface area contributed by atoms with Gasteiger partial charge >= 0.3 is 0 Å². The molecule has 3 atom stereocenters. The molecule has 2 aromatic rings. The van der Waals surface area contributed by atoms with Crippen molar-refractivity contribution in [1.82, 2.24) is 25.3 Å². The van der Waals surface area contributed by atoms with Gasteiger partial charge in [0.15, 0.2) is 5.65 Å². The summed E-state index contributed by atoms with van der Waals surface area (Å²) in [6, 6.07) is 0. The molecule has 0 saturated carbocycles. The van der Waals surface area contributed by atoms with E-state index in [1.165, 1.54) is 0 Å². The molecule has 11 nitrogen and oxygen atoms in total. The Bertz CT molecular complexity index is 1130. The van der Waals surface area contributed by atoms with E-state index in [1.807, 2.05) is 0 Å². The molecule has 4 heterocycles. The Hall–Kier alpha value is -3.15. The smallest absolute Gasteiger partial charge is 0.245 e. The summed E-state index contributed by atoms with van der Waals surface area (Å²) in [5.74, 6) is 0.736. The molecule has 2 fully saturated rings. The van der Waals surface area contributed by atoms with Crippen LogP contribution in [0.25, 0.3) is 11.2 Å². The van der Waals surface area contributed by atoms with Gasteiger partial charge in [0, 0.05) is 50.3 Å². The number of aliphatic hydroxyl groups excluding tert-OH is 1. The van der Waals surface area contributed by atoms with Crippen molar-refractivity contribution in [2.45, 2.75) is 23.9 Å². The molecule has 2 aliphatic heterocycles. The van der Waals surface area contributed by atoms with E-state index in [-0.39, 0.29) is 30.8 Å². The normalized spacial score (nSPS) is 30.7. The standard InChI is InChI=1S/C23H29N7O4/c1-33-17-3-2-4-22(24,9-17)20(32)29-23(5-8-31)15-11-30(12-16(23)14-34-13-15)21-27-10-18-19(28-21)26-7-6-25-18/h2-4,6-7,10,15-16,31H,5,8-9,11-14,24H2,1H3,(H,29,32). The van der Waals surface area contributed by atoms with E-state index >= 15 is 0 Å². The summed E-state index contributed by atoms with van der Waals surface area (Å²) in [6.07, 6.45) is 10.8. The van der Waals surface area contributed by atoms with Crippen LogP contribution < -0.4 is 16.0 Å². The number of fused-ring (bicyclic) bond motifs is 3. The number of nitrogens with zero attached hydrogens (tertiary/aromatic N) is 5. The van der Waals surface area contributed by atoms with Crippen LogP contribution in [-0.4, -0.2) is 82.0 Å². The summed E-state index contributed by atoms with van der Waals surface area (Å²) in [7, 11) is 1.56. The van der Waals surface area contributed by atoms with Crippen molar-refractivity contribution in [1.29, 1.82) is 0 Å². The highest BCUT2D eigenvalue weighted by Gasteiger charge is 2.54. The average Bonchev–Trinajstić information content (AvgIpc) is 2.83. The summed E-state index contributed by atoms with van der Waals surface area (Å²) in [5, 5.41) is 13.3. The van der Waals surface area contributed by atoms with E-state index in [0.717, 1.165) is 0 Å². The minimum absolute atomic E-state index is 0.0635. The second-order valence-corrected chi connectivity index (χ2v) is 9.15. The number of nitrogens with two attached hydrogens (primary N) is 1. The van der Waals surface area contributed by atoms with Crippen LogP contribution in [-0.2, 0) is 14.3 Å². The Kier molecular flexibility index (Phi) is 5.92. The lowest BCUT2D eigenvalue weighted by atomic mass is 9.67. The zero-order chi connectivity index (χ0) is 23.8. The number of aromatic nitrogens is 4. The molecule has 1 amide bonds. The Labute approximate surface area is 197 Å². The second-order valence-electron chi connectivity index (χ2n) is 9.15. The van der Waals surface area contributed by atoms with Crippen LogP contribution in [0.4, 0.5) is 5.95 Å². The molecule has 0 radical (unpaired) electrons. The molecule has 0 aromatic carbocycles. The third-order valence-corrected chi connectivity index (χ3v) is 7.17. The highest BCUT2D eigenvalue weighted by Crippen LogP contribution is 2.41. The van der Waals surface area contributed by atoms with Crippen molar-refractivity contribution < 1.29 is 19.4 Å². The van der Waals surface area contributed by atoms with Gasteiger partial charge in [0.2, 0.25) is 11.9 Å². The Balaban J connectivity index is 1.41. The highest BCUT2D eigenvalue weighted by atomic mass is 16.5. The lowest BCUT2D eigenvalue weighted by molar-refractivity contribution is -0.135. The fraction of sp³-hybridized carbons (Fsp3) is 0.522. The second kappa shape index (κ2) is 8.90. The maximum atomic E-state index is 13.5. The fourth-order valence-electron chi connectivity index (χ4n) is 5.31. The number of methoxy groups -OCH3 is 1. The predicted octanol–water partition coefficient (Wildman–Crippen LogP) is -0.0725. The number of anilines is 1. The van der Waals surface area contributed by atoms with Gasteiger partial charge in [0.1, 0.15) is 11.1 Å². The largest absolute Gasteiger partial charge is 0.501 e. The quantitative estimate of drug-likeness (QED) is 0.527. The zero-order valence-corrected chi connectivity index (χ0v) is 19.1. The third-order valence-electron chi connectivity index (χ3n) is 7.17. The van der Waals surface area contributed by atoms with Gasteiger partial charge in [0.05, 0.1) is 37.8 Å². The number of rotatable bonds is 6. The zero-order valence-electron chi connectivity index (χ0n) is 19.1. The van der Waals surface area contributed by atoms with Crippen LogP contribution in [0.5, 0.6) is 0 Å². The van der Waals surface area contributed by atoms with E-state index in [0.29, 0.717) is 55.6 Å². The molecule has 1 aliphatic carbocycles. The number of allylic oxidation sites excluding steroid dienone is 2. The van der Waals surface area contributed by atoms with Gasteiger partial charge in [-0.1, -0.05) is 12.2 Å². The molecular formula is C23H29N7O4. The number of ether oxygens (including phenoxy) is 2. The van der Waals surface area contributed by atoms with E-state index in [1.54, 1.807) is 43.9 Å². The van der Waals surface area contributed by atoms with Gasteiger partial charge in [-0.05, 0) is 12.5 Å². The lowest BCUT2D eigenvalue weighted by Crippen LogP contribution is -2.73. The average molecular weight is 468 g/mol. The number of nitrogens with one attached hydrogen (secondary N) is 1. The van der Waals surface area contributed by atoms with Crippen molar-refractivity contribution in [3.63, 3.8) is 0 Å². The SMILES string of the molecule is COC1=CC=CC(N)(C(=O)NC2(CCO)C3COCC2CN(c2ncc4nccnc4n2)C3)C1. The molecule has 4 N–H and O–H groups in total. The first kappa shape index (κ1) is 22.6. The van der Waals surface area contributed by atoms with Crippen LogP contribution in [0.15, 0.2) is 42.6 Å². The van der Waals surface area contributed by atoms with E-state index in [2.05, 4.69) is 30.2 Å². The summed E-state index contributed by atoms with van der Waals surface area (Å²) in [6.45, 7) is 1.93. The van der Waals surface area contributed by atoms with E-state index in [4.69, 9.17) is 15.2 Å². The van der Waals surface area contributed by atoms with Crippen molar-refractivity contribution in [2.24, 2.45) is 17.6 Å². The number of hydrogen-bond acceptors (Lipinski definition) is 10. The molecule has 180 valence electrons. The molecule has 2 bridgehead atoms. The maximum absolute atomic E-state index is 13.5. The topological polar surface area (TPSA) is 149 Å². The molecule has 0 spiro atoms. The van der Waals surface area contributed by atoms with Crippen molar-refractivity contribution in [2.75, 3.05) is 44.9 Å². The van der Waals surface area contributed by atoms with Gasteiger partial charge in [-0.2, -0.15) is 4.98 Å². The fourth-order valence-corrected chi connectivity index (χ4v) is 5.31. The first-order chi connectivity index (χ1) is 16.5. The summed E-state index contributed by atoms with van der Waals surface area (Å²) in [4.78, 5) is 33.2. The number of carbonyl (C=O) groups is 1. The summed E-state index contributed by atoms with van der Waals surface area (Å²) in [5.41, 5.74) is 5.78. The summed E-state index contributed by atoms with van der Waals surface area (Å²) >= 11 is 0. The number of aliphatic hydroxyl groups is 1. The van der Waals surface area contributed by atoms with Crippen LogP contribution in [0.1, 0.15) is 12.8 Å². The molecular weight excluding hydrogens is 438 g/mol. The van der Waals surface area contributed by atoms with Crippen LogP contribution in [0.3, 0.4) is 0 Å². The minimum atomic E-state index is -1.23. The molecule has 3 unspecified atom stereocenters. The first-order valence-corrected chi connectivity index (χ1v) is 11.4. The van der Waals surface area contributed by atoms with Gasteiger partial charge in [-0.15, -0.1) is 0 Å². The number of hydrogen-bond donors (Lipinski definition) is 3. The molecule has 2 aromatic heterocycles. The Morgan fingerprint density at radius 2 is 2.06 bits per heavy atom. The number of carbonyl (C=O) groups excluding carboxylic acids is 1.